The molecular formula is C20H35IN4O. The summed E-state index contributed by atoms with van der Waals surface area (Å²) in [4.78, 5) is 7.10. The maximum atomic E-state index is 6.01. The quantitative estimate of drug-likeness (QED) is 0.362. The van der Waals surface area contributed by atoms with Crippen molar-refractivity contribution in [3.63, 3.8) is 0 Å². The van der Waals surface area contributed by atoms with Gasteiger partial charge in [0.15, 0.2) is 5.96 Å². The number of para-hydroxylation sites is 1. The zero-order valence-electron chi connectivity index (χ0n) is 16.6. The van der Waals surface area contributed by atoms with E-state index in [0.717, 1.165) is 36.3 Å². The highest BCUT2D eigenvalue weighted by molar-refractivity contribution is 14.0. The summed E-state index contributed by atoms with van der Waals surface area (Å²) in [6.07, 6.45) is 2.56. The van der Waals surface area contributed by atoms with Crippen molar-refractivity contribution in [1.82, 2.24) is 15.5 Å². The van der Waals surface area contributed by atoms with Crippen LogP contribution < -0.4 is 15.4 Å². The van der Waals surface area contributed by atoms with Gasteiger partial charge in [-0.2, -0.15) is 0 Å². The fourth-order valence-electron chi connectivity index (χ4n) is 3.01. The second-order valence-corrected chi connectivity index (χ2v) is 7.04. The molecule has 6 heteroatoms. The molecule has 2 rings (SSSR count). The van der Waals surface area contributed by atoms with Crippen LogP contribution in [0, 0.1) is 12.8 Å². The minimum Gasteiger partial charge on any atom is -0.489 e. The number of ether oxygens (including phenoxy) is 1. The molecule has 1 aliphatic rings. The predicted octanol–water partition coefficient (Wildman–Crippen LogP) is 3.28. The number of rotatable bonds is 7. The third-order valence-electron chi connectivity index (χ3n) is 4.67. The zero-order valence-corrected chi connectivity index (χ0v) is 19.0. The highest BCUT2D eigenvalue weighted by Gasteiger charge is 2.16. The SMILES string of the molecule is CCNC(=NCC(C)Oc1ccccc1C)NCC1CCN(C)CC1.I. The number of guanidine groups is 1. The Morgan fingerprint density at radius 1 is 1.27 bits per heavy atom. The summed E-state index contributed by atoms with van der Waals surface area (Å²) in [5.41, 5.74) is 1.16. The summed E-state index contributed by atoms with van der Waals surface area (Å²) >= 11 is 0. The lowest BCUT2D eigenvalue weighted by atomic mass is 9.97. The van der Waals surface area contributed by atoms with Crippen molar-refractivity contribution in [3.8, 4) is 5.75 Å². The van der Waals surface area contributed by atoms with Gasteiger partial charge in [0.25, 0.3) is 0 Å². The van der Waals surface area contributed by atoms with Gasteiger partial charge in [-0.1, -0.05) is 18.2 Å². The first-order chi connectivity index (χ1) is 12.1. The first kappa shape index (κ1) is 23.0. The molecule has 1 aliphatic heterocycles. The number of nitrogens with one attached hydrogen (secondary N) is 2. The lowest BCUT2D eigenvalue weighted by molar-refractivity contribution is 0.219. The molecule has 0 saturated carbocycles. The Bertz CT molecular complexity index is 544. The third kappa shape index (κ3) is 8.12. The number of likely N-dealkylation sites (tertiary alicyclic amines) is 1. The van der Waals surface area contributed by atoms with Crippen LogP contribution in [0.1, 0.15) is 32.3 Å². The Morgan fingerprint density at radius 3 is 2.62 bits per heavy atom. The number of hydrogen-bond donors (Lipinski definition) is 2. The van der Waals surface area contributed by atoms with E-state index < -0.39 is 0 Å². The molecule has 2 N–H and O–H groups in total. The molecular weight excluding hydrogens is 439 g/mol. The molecule has 5 nitrogen and oxygen atoms in total. The molecule has 0 spiro atoms. The molecule has 1 heterocycles. The van der Waals surface area contributed by atoms with E-state index in [1.807, 2.05) is 18.2 Å². The topological polar surface area (TPSA) is 48.9 Å². The van der Waals surface area contributed by atoms with E-state index in [1.165, 1.54) is 25.9 Å². The van der Waals surface area contributed by atoms with Gasteiger partial charge in [-0.05, 0) is 71.3 Å². The monoisotopic (exact) mass is 474 g/mol. The summed E-state index contributed by atoms with van der Waals surface area (Å²) < 4.78 is 6.01. The molecule has 1 unspecified atom stereocenters. The van der Waals surface area contributed by atoms with E-state index in [9.17, 15) is 0 Å². The highest BCUT2D eigenvalue weighted by atomic mass is 127. The number of piperidine rings is 1. The standard InChI is InChI=1S/C20H34N4O.HI/c1-5-21-20(23-15-18-10-12-24(4)13-11-18)22-14-17(3)25-19-9-7-6-8-16(19)2;/h6-9,17-18H,5,10-15H2,1-4H3,(H2,21,22,23);1H. The molecule has 148 valence electrons. The molecule has 1 atom stereocenters. The summed E-state index contributed by atoms with van der Waals surface area (Å²) in [7, 11) is 2.20. The molecule has 26 heavy (non-hydrogen) atoms. The van der Waals surface area contributed by atoms with Crippen molar-refractivity contribution < 1.29 is 4.74 Å². The molecule has 0 aliphatic carbocycles. The first-order valence-corrected chi connectivity index (χ1v) is 9.51. The number of benzene rings is 1. The van der Waals surface area contributed by atoms with Crippen LogP contribution in [0.3, 0.4) is 0 Å². The van der Waals surface area contributed by atoms with Crippen LogP contribution in [-0.4, -0.2) is 56.7 Å². The van der Waals surface area contributed by atoms with E-state index in [2.05, 4.69) is 49.4 Å². The lowest BCUT2D eigenvalue weighted by Crippen LogP contribution is -2.42. The van der Waals surface area contributed by atoms with Crippen molar-refractivity contribution in [1.29, 1.82) is 0 Å². The van der Waals surface area contributed by atoms with Crippen molar-refractivity contribution in [2.45, 2.75) is 39.7 Å². The molecule has 0 bridgehead atoms. The largest absolute Gasteiger partial charge is 0.489 e. The zero-order chi connectivity index (χ0) is 18.1. The van der Waals surface area contributed by atoms with Crippen LogP contribution in [0.4, 0.5) is 0 Å². The van der Waals surface area contributed by atoms with Gasteiger partial charge < -0.3 is 20.3 Å². The Morgan fingerprint density at radius 2 is 1.96 bits per heavy atom. The number of hydrogen-bond acceptors (Lipinski definition) is 3. The molecule has 0 radical (unpaired) electrons. The van der Waals surface area contributed by atoms with Gasteiger partial charge in [-0.25, -0.2) is 4.99 Å². The highest BCUT2D eigenvalue weighted by Crippen LogP contribution is 2.18. The Labute approximate surface area is 176 Å². The van der Waals surface area contributed by atoms with Gasteiger partial charge >= 0.3 is 0 Å². The van der Waals surface area contributed by atoms with Gasteiger partial charge in [0.2, 0.25) is 0 Å². The number of aliphatic imine (C=N–C) groups is 1. The van der Waals surface area contributed by atoms with Crippen molar-refractivity contribution >= 4 is 29.9 Å². The lowest BCUT2D eigenvalue weighted by Gasteiger charge is -2.29. The minimum absolute atomic E-state index is 0. The normalized spacial score (nSPS) is 17.3. The van der Waals surface area contributed by atoms with Crippen LogP contribution in [-0.2, 0) is 0 Å². The summed E-state index contributed by atoms with van der Waals surface area (Å²) in [5.74, 6) is 2.57. The van der Waals surface area contributed by atoms with Crippen LogP contribution in [0.5, 0.6) is 5.75 Å². The van der Waals surface area contributed by atoms with E-state index in [-0.39, 0.29) is 30.1 Å². The third-order valence-corrected chi connectivity index (χ3v) is 4.67. The van der Waals surface area contributed by atoms with Gasteiger partial charge in [0.1, 0.15) is 11.9 Å². The molecule has 0 aromatic heterocycles. The van der Waals surface area contributed by atoms with Gasteiger partial charge in [0.05, 0.1) is 6.54 Å². The van der Waals surface area contributed by atoms with Crippen molar-refractivity contribution in [2.75, 3.05) is 39.8 Å². The fourth-order valence-corrected chi connectivity index (χ4v) is 3.01. The second kappa shape index (κ2) is 12.4. The number of halogens is 1. The average Bonchev–Trinajstić information content (AvgIpc) is 2.61. The van der Waals surface area contributed by atoms with E-state index in [1.54, 1.807) is 0 Å². The average molecular weight is 474 g/mol. The van der Waals surface area contributed by atoms with Crippen LogP contribution in [0.25, 0.3) is 0 Å². The van der Waals surface area contributed by atoms with Crippen LogP contribution in [0.15, 0.2) is 29.3 Å². The Kier molecular flexibility index (Phi) is 11.0. The second-order valence-electron chi connectivity index (χ2n) is 7.04. The van der Waals surface area contributed by atoms with E-state index in [0.29, 0.717) is 6.54 Å². The molecule has 1 aromatic rings. The summed E-state index contributed by atoms with van der Waals surface area (Å²) in [6, 6.07) is 8.12. The van der Waals surface area contributed by atoms with Crippen LogP contribution >= 0.6 is 24.0 Å². The Balaban J connectivity index is 0.00000338. The van der Waals surface area contributed by atoms with Gasteiger partial charge in [-0.3, -0.25) is 0 Å². The molecule has 1 aromatic carbocycles. The smallest absolute Gasteiger partial charge is 0.191 e. The number of nitrogens with zero attached hydrogens (tertiary/aromatic N) is 2. The van der Waals surface area contributed by atoms with E-state index >= 15 is 0 Å². The molecule has 1 saturated heterocycles. The first-order valence-electron chi connectivity index (χ1n) is 9.51. The summed E-state index contributed by atoms with van der Waals surface area (Å²) in [6.45, 7) is 11.1. The summed E-state index contributed by atoms with van der Waals surface area (Å²) in [5, 5.41) is 6.84. The molecule has 0 amide bonds. The molecule has 1 fully saturated rings. The predicted molar refractivity (Wildman–Crippen MR) is 121 cm³/mol. The van der Waals surface area contributed by atoms with Gasteiger partial charge in [-0.15, -0.1) is 24.0 Å². The van der Waals surface area contributed by atoms with Crippen LogP contribution in [0.2, 0.25) is 0 Å². The maximum absolute atomic E-state index is 6.01. The van der Waals surface area contributed by atoms with Crippen molar-refractivity contribution in [3.05, 3.63) is 29.8 Å². The fraction of sp³-hybridized carbons (Fsp3) is 0.650. The Hall–Kier alpha value is -1.02. The minimum atomic E-state index is 0. The van der Waals surface area contributed by atoms with E-state index in [4.69, 9.17) is 9.73 Å². The van der Waals surface area contributed by atoms with Crippen molar-refractivity contribution in [2.24, 2.45) is 10.9 Å². The van der Waals surface area contributed by atoms with Gasteiger partial charge in [0, 0.05) is 13.1 Å². The number of aryl methyl sites for hydroxylation is 1. The maximum Gasteiger partial charge on any atom is 0.191 e.